The molecule has 4 rings (SSSR count). The molecule has 0 fully saturated rings. The van der Waals surface area contributed by atoms with Crippen molar-refractivity contribution in [2.24, 2.45) is 0 Å². The van der Waals surface area contributed by atoms with Gasteiger partial charge in [-0.05, 0) is 49.2 Å². The Morgan fingerprint density at radius 1 is 1.07 bits per heavy atom. The molecule has 0 aliphatic carbocycles. The first-order chi connectivity index (χ1) is 13.1. The zero-order chi connectivity index (χ0) is 18.8. The average molecular weight is 397 g/mol. The van der Waals surface area contributed by atoms with Crippen LogP contribution in [0.15, 0.2) is 51.6 Å². The summed E-state index contributed by atoms with van der Waals surface area (Å²) in [6.45, 7) is 4.15. The lowest BCUT2D eigenvalue weighted by Crippen LogP contribution is -2.23. The zero-order valence-electron chi connectivity index (χ0n) is 14.7. The Bertz CT molecular complexity index is 1170. The predicted octanol–water partition coefficient (Wildman–Crippen LogP) is 3.75. The fraction of sp³-hybridized carbons (Fsp3) is 0.167. The first kappa shape index (κ1) is 17.6. The van der Waals surface area contributed by atoms with E-state index in [2.05, 4.69) is 51.8 Å². The number of fused-ring (bicyclic) bond motifs is 1. The van der Waals surface area contributed by atoms with Crippen LogP contribution in [0.25, 0.3) is 10.9 Å². The number of aryl methyl sites for hydroxylation is 2. The minimum atomic E-state index is -0.161. The van der Waals surface area contributed by atoms with E-state index < -0.39 is 0 Å². The molecule has 0 radical (unpaired) electrons. The quantitative estimate of drug-likeness (QED) is 0.514. The summed E-state index contributed by atoms with van der Waals surface area (Å²) >= 11 is 2.83. The zero-order valence-corrected chi connectivity index (χ0v) is 16.3. The summed E-state index contributed by atoms with van der Waals surface area (Å²) in [6.07, 6.45) is 0. The lowest BCUT2D eigenvalue weighted by molar-refractivity contribution is 0.644. The third-order valence-electron chi connectivity index (χ3n) is 4.10. The second kappa shape index (κ2) is 7.45. The van der Waals surface area contributed by atoms with Gasteiger partial charge in [0.2, 0.25) is 5.13 Å². The van der Waals surface area contributed by atoms with Gasteiger partial charge in [-0.3, -0.25) is 4.79 Å². The van der Waals surface area contributed by atoms with E-state index in [1.807, 2.05) is 18.2 Å². The summed E-state index contributed by atoms with van der Waals surface area (Å²) in [7, 11) is 0. The molecule has 4 aromatic rings. The third-order valence-corrected chi connectivity index (χ3v) is 6.04. The molecule has 0 aliphatic heterocycles. The van der Waals surface area contributed by atoms with Gasteiger partial charge in [-0.15, -0.1) is 15.3 Å². The first-order valence-electron chi connectivity index (χ1n) is 8.23. The van der Waals surface area contributed by atoms with Gasteiger partial charge in [0, 0.05) is 5.69 Å². The van der Waals surface area contributed by atoms with Gasteiger partial charge in [0.1, 0.15) is 5.52 Å². The number of hydrogen-bond donors (Lipinski definition) is 1. The Morgan fingerprint density at radius 2 is 1.93 bits per heavy atom. The molecule has 0 saturated carbocycles. The lowest BCUT2D eigenvalue weighted by atomic mass is 10.1. The molecule has 2 heterocycles. The number of aromatic nitrogens is 5. The second-order valence-corrected chi connectivity index (χ2v) is 8.15. The molecule has 0 unspecified atom stereocenters. The van der Waals surface area contributed by atoms with Crippen molar-refractivity contribution in [3.8, 4) is 0 Å². The molecule has 9 heteroatoms. The summed E-state index contributed by atoms with van der Waals surface area (Å²) in [5.74, 6) is 0.328. The van der Waals surface area contributed by atoms with Crippen LogP contribution < -0.4 is 10.9 Å². The van der Waals surface area contributed by atoms with E-state index in [0.29, 0.717) is 21.9 Å². The van der Waals surface area contributed by atoms with Crippen LogP contribution in [-0.2, 0) is 5.88 Å². The Balaban J connectivity index is 1.46. The number of nitrogens with one attached hydrogen (secondary N) is 1. The van der Waals surface area contributed by atoms with E-state index >= 15 is 0 Å². The molecule has 0 bridgehead atoms. The maximum Gasteiger partial charge on any atom is 0.278 e. The maximum atomic E-state index is 12.5. The number of benzene rings is 2. The van der Waals surface area contributed by atoms with Crippen molar-refractivity contribution in [1.29, 1.82) is 0 Å². The highest BCUT2D eigenvalue weighted by Gasteiger charge is 2.09. The van der Waals surface area contributed by atoms with Crippen molar-refractivity contribution in [2.45, 2.75) is 24.1 Å². The Kier molecular flexibility index (Phi) is 4.87. The van der Waals surface area contributed by atoms with Gasteiger partial charge in [-0.1, -0.05) is 46.5 Å². The van der Waals surface area contributed by atoms with Crippen molar-refractivity contribution < 1.29 is 0 Å². The topological polar surface area (TPSA) is 85.6 Å². The van der Waals surface area contributed by atoms with Crippen LogP contribution in [0.4, 0.5) is 10.8 Å². The van der Waals surface area contributed by atoms with E-state index in [1.165, 1.54) is 38.9 Å². The van der Waals surface area contributed by atoms with Crippen molar-refractivity contribution in [3.63, 3.8) is 0 Å². The molecule has 27 heavy (non-hydrogen) atoms. The number of hydrogen-bond acceptors (Lipinski definition) is 8. The van der Waals surface area contributed by atoms with E-state index in [1.54, 1.807) is 12.1 Å². The minimum Gasteiger partial charge on any atom is -0.330 e. The van der Waals surface area contributed by atoms with Crippen LogP contribution in [0, 0.1) is 13.8 Å². The van der Waals surface area contributed by atoms with Crippen LogP contribution in [0.3, 0.4) is 0 Å². The normalized spacial score (nSPS) is 11.0. The van der Waals surface area contributed by atoms with Crippen molar-refractivity contribution in [2.75, 3.05) is 5.32 Å². The highest BCUT2D eigenvalue weighted by atomic mass is 32.2. The van der Waals surface area contributed by atoms with E-state index in [0.717, 1.165) is 10.0 Å². The van der Waals surface area contributed by atoms with Gasteiger partial charge >= 0.3 is 0 Å². The molecule has 1 N–H and O–H groups in total. The SMILES string of the molecule is Cc1ccc(Nc2nnc(SCn3nnc4ccccc4c3=O)s2)cc1C. The van der Waals surface area contributed by atoms with Crippen molar-refractivity contribution in [1.82, 2.24) is 25.2 Å². The average Bonchev–Trinajstić information content (AvgIpc) is 3.12. The first-order valence-corrected chi connectivity index (χ1v) is 10.0. The highest BCUT2D eigenvalue weighted by molar-refractivity contribution is 8.00. The molecule has 2 aromatic heterocycles. The number of thioether (sulfide) groups is 1. The standard InChI is InChI=1S/C18H16N6OS2/c1-11-7-8-13(9-12(11)2)19-17-21-22-18(27-17)26-10-24-16(25)14-5-3-4-6-15(14)20-23-24/h3-9H,10H2,1-2H3,(H,19,21). The number of nitrogens with zero attached hydrogens (tertiary/aromatic N) is 5. The summed E-state index contributed by atoms with van der Waals surface area (Å²) in [6, 6.07) is 13.3. The Morgan fingerprint density at radius 3 is 2.78 bits per heavy atom. The van der Waals surface area contributed by atoms with Crippen LogP contribution >= 0.6 is 23.1 Å². The van der Waals surface area contributed by atoms with Crippen LogP contribution in [0.2, 0.25) is 0 Å². The van der Waals surface area contributed by atoms with E-state index in [9.17, 15) is 4.79 Å². The van der Waals surface area contributed by atoms with Crippen molar-refractivity contribution in [3.05, 3.63) is 63.9 Å². The van der Waals surface area contributed by atoms with Crippen LogP contribution in [0.1, 0.15) is 11.1 Å². The molecular weight excluding hydrogens is 380 g/mol. The van der Waals surface area contributed by atoms with Gasteiger partial charge in [-0.25, -0.2) is 0 Å². The van der Waals surface area contributed by atoms with Gasteiger partial charge in [0.15, 0.2) is 4.34 Å². The molecule has 2 aromatic carbocycles. The molecular formula is C18H16N6OS2. The molecule has 0 spiro atoms. The van der Waals surface area contributed by atoms with E-state index in [4.69, 9.17) is 0 Å². The van der Waals surface area contributed by atoms with Crippen molar-refractivity contribution >= 4 is 44.8 Å². The predicted molar refractivity (Wildman–Crippen MR) is 109 cm³/mol. The Labute approximate surface area is 163 Å². The van der Waals surface area contributed by atoms with Gasteiger partial charge < -0.3 is 5.32 Å². The number of rotatable bonds is 5. The summed E-state index contributed by atoms with van der Waals surface area (Å²) in [5, 5.41) is 20.9. The molecule has 0 aliphatic rings. The number of anilines is 2. The summed E-state index contributed by atoms with van der Waals surface area (Å²) in [4.78, 5) is 12.5. The highest BCUT2D eigenvalue weighted by Crippen LogP contribution is 2.28. The fourth-order valence-corrected chi connectivity index (χ4v) is 4.11. The molecule has 0 amide bonds. The smallest absolute Gasteiger partial charge is 0.278 e. The largest absolute Gasteiger partial charge is 0.330 e. The Hall–Kier alpha value is -2.78. The van der Waals surface area contributed by atoms with Gasteiger partial charge in [0.25, 0.3) is 5.56 Å². The minimum absolute atomic E-state index is 0.161. The molecule has 0 atom stereocenters. The van der Waals surface area contributed by atoms with Gasteiger partial charge in [0.05, 0.1) is 11.3 Å². The lowest BCUT2D eigenvalue weighted by Gasteiger charge is -2.05. The van der Waals surface area contributed by atoms with Crippen LogP contribution in [-0.4, -0.2) is 25.2 Å². The van der Waals surface area contributed by atoms with Crippen LogP contribution in [0.5, 0.6) is 0 Å². The molecule has 0 saturated heterocycles. The van der Waals surface area contributed by atoms with Gasteiger partial charge in [-0.2, -0.15) is 4.68 Å². The molecule has 7 nitrogen and oxygen atoms in total. The van der Waals surface area contributed by atoms with E-state index in [-0.39, 0.29) is 5.56 Å². The summed E-state index contributed by atoms with van der Waals surface area (Å²) in [5.41, 5.74) is 3.87. The maximum absolute atomic E-state index is 12.5. The second-order valence-electron chi connectivity index (χ2n) is 5.98. The monoisotopic (exact) mass is 396 g/mol. The summed E-state index contributed by atoms with van der Waals surface area (Å²) < 4.78 is 2.09. The third kappa shape index (κ3) is 3.83. The molecule has 136 valence electrons. The fourth-order valence-electron chi connectivity index (χ4n) is 2.49.